The van der Waals surface area contributed by atoms with Gasteiger partial charge in [-0.15, -0.1) is 0 Å². The minimum atomic E-state index is -0.729. The van der Waals surface area contributed by atoms with Gasteiger partial charge in [-0.3, -0.25) is 9.59 Å². The first-order valence-electron chi connectivity index (χ1n) is 10.8. The fourth-order valence-corrected chi connectivity index (χ4v) is 4.53. The van der Waals surface area contributed by atoms with E-state index in [9.17, 15) is 14.4 Å². The van der Waals surface area contributed by atoms with Gasteiger partial charge in [0.2, 0.25) is 11.8 Å². The Labute approximate surface area is 195 Å². The molecule has 2 heterocycles. The van der Waals surface area contributed by atoms with Gasteiger partial charge in [-0.25, -0.2) is 4.79 Å². The number of amides is 3. The topological polar surface area (TPSA) is 79.0 Å². The minimum Gasteiger partial charge on any atom is -0.410 e. The monoisotopic (exact) mass is 463 g/mol. The summed E-state index contributed by atoms with van der Waals surface area (Å²) in [4.78, 5) is 41.8. The molecule has 0 aromatic heterocycles. The largest absolute Gasteiger partial charge is 0.415 e. The molecule has 3 aromatic rings. The Morgan fingerprint density at radius 1 is 1.00 bits per heavy atom. The number of ether oxygens (including phenoxy) is 1. The van der Waals surface area contributed by atoms with Gasteiger partial charge in [0.15, 0.2) is 0 Å². The zero-order valence-corrected chi connectivity index (χ0v) is 18.5. The summed E-state index contributed by atoms with van der Waals surface area (Å²) < 4.78 is 5.66. The van der Waals surface area contributed by atoms with Crippen molar-refractivity contribution in [3.05, 3.63) is 77.3 Å². The van der Waals surface area contributed by atoms with Crippen molar-refractivity contribution in [2.45, 2.75) is 18.5 Å². The zero-order valence-electron chi connectivity index (χ0n) is 17.7. The average molecular weight is 464 g/mol. The molecule has 5 rings (SSSR count). The van der Waals surface area contributed by atoms with Crippen molar-refractivity contribution in [3.8, 4) is 5.75 Å². The number of halogens is 1. The SMILES string of the molecule is O=C1N[C@@H](Cc2ccc(Cl)cc2)C(=O)N2CCN(C(=O)Oc3cccc4ccccc34)C[C@H]12. The highest BCUT2D eigenvalue weighted by Gasteiger charge is 2.44. The van der Waals surface area contributed by atoms with E-state index in [2.05, 4.69) is 5.32 Å². The lowest BCUT2D eigenvalue weighted by molar-refractivity contribution is -0.152. The molecule has 33 heavy (non-hydrogen) atoms. The molecule has 0 unspecified atom stereocenters. The summed E-state index contributed by atoms with van der Waals surface area (Å²) in [5, 5.41) is 5.24. The van der Waals surface area contributed by atoms with Gasteiger partial charge in [0.05, 0.1) is 6.54 Å². The van der Waals surface area contributed by atoms with Gasteiger partial charge in [-0.1, -0.05) is 60.1 Å². The maximum absolute atomic E-state index is 13.0. The lowest BCUT2D eigenvalue weighted by atomic mass is 9.99. The summed E-state index contributed by atoms with van der Waals surface area (Å²) in [6, 6.07) is 19.0. The van der Waals surface area contributed by atoms with E-state index < -0.39 is 18.2 Å². The third-order valence-corrected chi connectivity index (χ3v) is 6.39. The second kappa shape index (κ2) is 8.75. The fourth-order valence-electron chi connectivity index (χ4n) is 4.40. The minimum absolute atomic E-state index is 0.0921. The molecule has 8 heteroatoms. The van der Waals surface area contributed by atoms with Crippen LogP contribution in [0, 0.1) is 0 Å². The molecule has 2 aliphatic heterocycles. The fraction of sp³-hybridized carbons (Fsp3) is 0.240. The molecule has 0 radical (unpaired) electrons. The van der Waals surface area contributed by atoms with Crippen LogP contribution in [0.3, 0.4) is 0 Å². The molecule has 2 aliphatic rings. The molecular formula is C25H22ClN3O4. The Balaban J connectivity index is 1.26. The van der Waals surface area contributed by atoms with Crippen molar-refractivity contribution in [1.82, 2.24) is 15.1 Å². The number of rotatable bonds is 3. The molecular weight excluding hydrogens is 442 g/mol. The van der Waals surface area contributed by atoms with Crippen LogP contribution >= 0.6 is 11.6 Å². The molecule has 2 saturated heterocycles. The summed E-state index contributed by atoms with van der Waals surface area (Å²) in [6.45, 7) is 0.667. The van der Waals surface area contributed by atoms with Gasteiger partial charge in [0.25, 0.3) is 0 Å². The van der Waals surface area contributed by atoms with E-state index in [0.29, 0.717) is 23.7 Å². The molecule has 3 aromatic carbocycles. The third-order valence-electron chi connectivity index (χ3n) is 6.14. The predicted molar refractivity (Wildman–Crippen MR) is 124 cm³/mol. The van der Waals surface area contributed by atoms with E-state index in [0.717, 1.165) is 16.3 Å². The number of fused-ring (bicyclic) bond motifs is 2. The summed E-state index contributed by atoms with van der Waals surface area (Å²) in [5.41, 5.74) is 0.911. The summed E-state index contributed by atoms with van der Waals surface area (Å²) >= 11 is 5.93. The number of piperazine rings is 2. The van der Waals surface area contributed by atoms with Crippen LogP contribution in [0.5, 0.6) is 5.75 Å². The van der Waals surface area contributed by atoms with Crippen LogP contribution in [0.1, 0.15) is 5.56 Å². The molecule has 0 saturated carbocycles. The van der Waals surface area contributed by atoms with E-state index in [1.165, 1.54) is 4.90 Å². The Morgan fingerprint density at radius 2 is 1.76 bits per heavy atom. The first-order chi connectivity index (χ1) is 16.0. The second-order valence-electron chi connectivity index (χ2n) is 8.23. The molecule has 3 amide bonds. The van der Waals surface area contributed by atoms with Crippen LogP contribution < -0.4 is 10.1 Å². The highest BCUT2D eigenvalue weighted by molar-refractivity contribution is 6.30. The van der Waals surface area contributed by atoms with Gasteiger partial charge >= 0.3 is 6.09 Å². The number of benzene rings is 3. The standard InChI is InChI=1S/C25H22ClN3O4/c26-18-10-8-16(9-11-18)14-20-24(31)29-13-12-28(15-21(29)23(30)27-20)25(32)33-22-7-3-5-17-4-1-2-6-19(17)22/h1-11,20-21H,12-15H2,(H,27,30)/t20-,21+/m0/s1. The highest BCUT2D eigenvalue weighted by atomic mass is 35.5. The molecule has 2 fully saturated rings. The van der Waals surface area contributed by atoms with Crippen LogP contribution in [-0.2, 0) is 16.0 Å². The van der Waals surface area contributed by atoms with Crippen molar-refractivity contribution >= 4 is 40.3 Å². The smallest absolute Gasteiger partial charge is 0.410 e. The first kappa shape index (κ1) is 21.3. The number of carbonyl (C=O) groups is 3. The van der Waals surface area contributed by atoms with E-state index in [4.69, 9.17) is 16.3 Å². The lowest BCUT2D eigenvalue weighted by Gasteiger charge is -2.44. The van der Waals surface area contributed by atoms with Gasteiger partial charge in [-0.2, -0.15) is 0 Å². The van der Waals surface area contributed by atoms with Crippen molar-refractivity contribution in [2.75, 3.05) is 19.6 Å². The van der Waals surface area contributed by atoms with Gasteiger partial charge < -0.3 is 19.9 Å². The number of nitrogens with zero attached hydrogens (tertiary/aromatic N) is 2. The lowest BCUT2D eigenvalue weighted by Crippen LogP contribution is -2.70. The molecule has 0 spiro atoms. The van der Waals surface area contributed by atoms with Crippen LogP contribution in [0.2, 0.25) is 5.02 Å². The van der Waals surface area contributed by atoms with Crippen LogP contribution in [0.4, 0.5) is 4.79 Å². The Kier molecular flexibility index (Phi) is 5.64. The summed E-state index contributed by atoms with van der Waals surface area (Å²) in [6.07, 6.45) is -0.146. The van der Waals surface area contributed by atoms with Gasteiger partial charge in [0.1, 0.15) is 17.8 Å². The molecule has 0 bridgehead atoms. The average Bonchev–Trinajstić information content (AvgIpc) is 2.83. The molecule has 1 N–H and O–H groups in total. The van der Waals surface area contributed by atoms with E-state index >= 15 is 0 Å². The van der Waals surface area contributed by atoms with Gasteiger partial charge in [-0.05, 0) is 29.1 Å². The Bertz CT molecular complexity index is 1220. The Hall–Kier alpha value is -3.58. The van der Waals surface area contributed by atoms with Gasteiger partial charge in [0, 0.05) is 29.9 Å². The molecule has 2 atom stereocenters. The highest BCUT2D eigenvalue weighted by Crippen LogP contribution is 2.26. The maximum Gasteiger partial charge on any atom is 0.415 e. The Morgan fingerprint density at radius 3 is 2.58 bits per heavy atom. The second-order valence-corrected chi connectivity index (χ2v) is 8.67. The maximum atomic E-state index is 13.0. The number of carbonyl (C=O) groups excluding carboxylic acids is 3. The van der Waals surface area contributed by atoms with Crippen molar-refractivity contribution in [3.63, 3.8) is 0 Å². The molecule has 168 valence electrons. The van der Waals surface area contributed by atoms with Crippen molar-refractivity contribution in [2.24, 2.45) is 0 Å². The first-order valence-corrected chi connectivity index (χ1v) is 11.2. The van der Waals surface area contributed by atoms with Crippen LogP contribution in [0.15, 0.2) is 66.7 Å². The third kappa shape index (κ3) is 4.24. The number of nitrogens with one attached hydrogen (secondary N) is 1. The summed E-state index contributed by atoms with van der Waals surface area (Å²) in [5.74, 6) is 0.0561. The quantitative estimate of drug-likeness (QED) is 0.646. The van der Waals surface area contributed by atoms with E-state index in [-0.39, 0.29) is 24.9 Å². The normalized spacial score (nSPS) is 20.4. The van der Waals surface area contributed by atoms with E-state index in [1.54, 1.807) is 23.1 Å². The molecule has 7 nitrogen and oxygen atoms in total. The van der Waals surface area contributed by atoms with Crippen molar-refractivity contribution in [1.29, 1.82) is 0 Å². The van der Waals surface area contributed by atoms with Crippen LogP contribution in [-0.4, -0.2) is 59.4 Å². The number of hydrogen-bond donors (Lipinski definition) is 1. The number of hydrogen-bond acceptors (Lipinski definition) is 4. The van der Waals surface area contributed by atoms with Crippen LogP contribution in [0.25, 0.3) is 10.8 Å². The summed E-state index contributed by atoms with van der Waals surface area (Å²) in [7, 11) is 0. The van der Waals surface area contributed by atoms with Crippen molar-refractivity contribution < 1.29 is 19.1 Å². The predicted octanol–water partition coefficient (Wildman–Crippen LogP) is 3.25. The molecule has 0 aliphatic carbocycles. The zero-order chi connectivity index (χ0) is 22.9. The van der Waals surface area contributed by atoms with E-state index in [1.807, 2.05) is 48.5 Å².